The molecular formula is C11H18F2N4O2. The van der Waals surface area contributed by atoms with Crippen molar-refractivity contribution in [2.24, 2.45) is 0 Å². The molecule has 0 fully saturated rings. The van der Waals surface area contributed by atoms with Crippen LogP contribution in [0.3, 0.4) is 0 Å². The van der Waals surface area contributed by atoms with Gasteiger partial charge in [-0.3, -0.25) is 0 Å². The van der Waals surface area contributed by atoms with Crippen LogP contribution in [0.15, 0.2) is 6.33 Å². The van der Waals surface area contributed by atoms with Gasteiger partial charge in [0.25, 0.3) is 6.43 Å². The third-order valence-electron chi connectivity index (χ3n) is 2.36. The summed E-state index contributed by atoms with van der Waals surface area (Å²) in [4.78, 5) is 9.24. The number of anilines is 2. The van der Waals surface area contributed by atoms with Crippen molar-refractivity contribution >= 4 is 11.6 Å². The predicted molar refractivity (Wildman–Crippen MR) is 68.1 cm³/mol. The standard InChI is InChI=1S/C11H18F2N4O2/c1-3-14-10-9(19-2)11(16-7-15-10)17(4-5-18)6-8(12)13/h7-8,18H,3-6H2,1-2H3,(H,14,15,16). The molecule has 0 saturated carbocycles. The van der Waals surface area contributed by atoms with Crippen molar-refractivity contribution in [1.29, 1.82) is 0 Å². The van der Waals surface area contributed by atoms with Crippen LogP contribution in [0, 0.1) is 0 Å². The fraction of sp³-hybridized carbons (Fsp3) is 0.636. The van der Waals surface area contributed by atoms with E-state index in [1.54, 1.807) is 0 Å². The van der Waals surface area contributed by atoms with Crippen molar-refractivity contribution in [3.8, 4) is 5.75 Å². The van der Waals surface area contributed by atoms with E-state index in [4.69, 9.17) is 9.84 Å². The summed E-state index contributed by atoms with van der Waals surface area (Å²) >= 11 is 0. The molecule has 6 nitrogen and oxygen atoms in total. The van der Waals surface area contributed by atoms with Crippen LogP contribution in [0.4, 0.5) is 20.4 Å². The molecule has 0 amide bonds. The van der Waals surface area contributed by atoms with Crippen LogP contribution in [0.5, 0.6) is 5.75 Å². The van der Waals surface area contributed by atoms with Gasteiger partial charge in [0.1, 0.15) is 6.33 Å². The Hall–Kier alpha value is -1.70. The maximum absolute atomic E-state index is 12.6. The van der Waals surface area contributed by atoms with Crippen molar-refractivity contribution in [3.63, 3.8) is 0 Å². The number of aromatic nitrogens is 2. The topological polar surface area (TPSA) is 70.5 Å². The second kappa shape index (κ2) is 7.67. The molecule has 0 saturated heterocycles. The van der Waals surface area contributed by atoms with Gasteiger partial charge in [0, 0.05) is 13.1 Å². The molecule has 19 heavy (non-hydrogen) atoms. The van der Waals surface area contributed by atoms with E-state index >= 15 is 0 Å². The maximum atomic E-state index is 12.6. The Labute approximate surface area is 110 Å². The summed E-state index contributed by atoms with van der Waals surface area (Å²) in [6, 6.07) is 0. The fourth-order valence-electron chi connectivity index (χ4n) is 1.64. The maximum Gasteiger partial charge on any atom is 0.255 e. The lowest BCUT2D eigenvalue weighted by Gasteiger charge is -2.24. The quantitative estimate of drug-likeness (QED) is 0.737. The van der Waals surface area contributed by atoms with Crippen LogP contribution in [0.25, 0.3) is 0 Å². The summed E-state index contributed by atoms with van der Waals surface area (Å²) in [5.74, 6) is 0.966. The zero-order valence-electron chi connectivity index (χ0n) is 10.9. The van der Waals surface area contributed by atoms with Gasteiger partial charge in [0.15, 0.2) is 11.6 Å². The van der Waals surface area contributed by atoms with Crippen molar-refractivity contribution in [3.05, 3.63) is 6.33 Å². The van der Waals surface area contributed by atoms with Gasteiger partial charge in [0.2, 0.25) is 5.75 Å². The summed E-state index contributed by atoms with van der Waals surface area (Å²) < 4.78 is 30.3. The van der Waals surface area contributed by atoms with E-state index < -0.39 is 13.0 Å². The number of rotatable bonds is 8. The lowest BCUT2D eigenvalue weighted by atomic mass is 10.4. The molecule has 108 valence electrons. The Morgan fingerprint density at radius 1 is 1.47 bits per heavy atom. The second-order valence-electron chi connectivity index (χ2n) is 3.67. The van der Waals surface area contributed by atoms with Crippen LogP contribution in [-0.4, -0.2) is 54.9 Å². The van der Waals surface area contributed by atoms with Gasteiger partial charge in [-0.1, -0.05) is 0 Å². The van der Waals surface area contributed by atoms with Crippen LogP contribution in [0.1, 0.15) is 6.92 Å². The molecule has 0 aliphatic heterocycles. The third-order valence-corrected chi connectivity index (χ3v) is 2.36. The first-order chi connectivity index (χ1) is 9.13. The van der Waals surface area contributed by atoms with Crippen LogP contribution >= 0.6 is 0 Å². The lowest BCUT2D eigenvalue weighted by molar-refractivity contribution is 0.152. The van der Waals surface area contributed by atoms with E-state index in [1.165, 1.54) is 18.3 Å². The number of hydrogen-bond acceptors (Lipinski definition) is 6. The number of nitrogens with zero attached hydrogens (tertiary/aromatic N) is 3. The number of alkyl halides is 2. The molecule has 8 heteroatoms. The molecule has 0 radical (unpaired) electrons. The highest BCUT2D eigenvalue weighted by Gasteiger charge is 2.20. The molecule has 0 unspecified atom stereocenters. The molecule has 1 aromatic rings. The Kier molecular flexibility index (Phi) is 6.20. The zero-order valence-corrected chi connectivity index (χ0v) is 10.9. The van der Waals surface area contributed by atoms with E-state index in [0.29, 0.717) is 18.1 Å². The Morgan fingerprint density at radius 2 is 2.21 bits per heavy atom. The van der Waals surface area contributed by atoms with Gasteiger partial charge >= 0.3 is 0 Å². The first kappa shape index (κ1) is 15.4. The number of hydrogen-bond donors (Lipinski definition) is 2. The average Bonchev–Trinajstić information content (AvgIpc) is 2.38. The van der Waals surface area contributed by atoms with Gasteiger partial charge in [0.05, 0.1) is 20.3 Å². The largest absolute Gasteiger partial charge is 0.490 e. The number of nitrogens with one attached hydrogen (secondary N) is 1. The van der Waals surface area contributed by atoms with Gasteiger partial charge in [-0.15, -0.1) is 0 Å². The number of aliphatic hydroxyl groups is 1. The van der Waals surface area contributed by atoms with Crippen molar-refractivity contribution in [1.82, 2.24) is 9.97 Å². The predicted octanol–water partition coefficient (Wildman–Crippen LogP) is 0.981. The highest BCUT2D eigenvalue weighted by molar-refractivity contribution is 5.64. The summed E-state index contributed by atoms with van der Waals surface area (Å²) in [5, 5.41) is 11.9. The van der Waals surface area contributed by atoms with Gasteiger partial charge in [-0.05, 0) is 6.92 Å². The summed E-state index contributed by atoms with van der Waals surface area (Å²) in [6.45, 7) is 1.76. The first-order valence-electron chi connectivity index (χ1n) is 5.90. The molecule has 0 aliphatic carbocycles. The van der Waals surface area contributed by atoms with E-state index in [-0.39, 0.29) is 19.0 Å². The van der Waals surface area contributed by atoms with Gasteiger partial charge in [-0.2, -0.15) is 0 Å². The van der Waals surface area contributed by atoms with Crippen molar-refractivity contribution in [2.45, 2.75) is 13.3 Å². The van der Waals surface area contributed by atoms with Crippen molar-refractivity contribution in [2.75, 3.05) is 43.6 Å². The monoisotopic (exact) mass is 276 g/mol. The van der Waals surface area contributed by atoms with E-state index in [2.05, 4.69) is 15.3 Å². The molecule has 2 N–H and O–H groups in total. The number of methoxy groups -OCH3 is 1. The van der Waals surface area contributed by atoms with Crippen LogP contribution < -0.4 is 15.0 Å². The Bertz CT molecular complexity index is 393. The molecule has 1 aromatic heterocycles. The molecule has 0 atom stereocenters. The van der Waals surface area contributed by atoms with Crippen LogP contribution in [0.2, 0.25) is 0 Å². The first-order valence-corrected chi connectivity index (χ1v) is 5.90. The van der Waals surface area contributed by atoms with E-state index in [0.717, 1.165) is 0 Å². The number of aliphatic hydroxyl groups excluding tert-OH is 1. The minimum absolute atomic E-state index is 0.0449. The third kappa shape index (κ3) is 4.16. The summed E-state index contributed by atoms with van der Waals surface area (Å²) in [6.07, 6.45) is -1.26. The average molecular weight is 276 g/mol. The summed E-state index contributed by atoms with van der Waals surface area (Å²) in [5.41, 5.74) is 0. The minimum Gasteiger partial charge on any atom is -0.490 e. The zero-order chi connectivity index (χ0) is 14.3. The number of ether oxygens (including phenoxy) is 1. The fourth-order valence-corrected chi connectivity index (χ4v) is 1.64. The highest BCUT2D eigenvalue weighted by atomic mass is 19.3. The summed E-state index contributed by atoms with van der Waals surface area (Å²) in [7, 11) is 1.42. The molecule has 0 aliphatic rings. The molecule has 0 bridgehead atoms. The molecule has 1 rings (SSSR count). The molecule has 1 heterocycles. The molecule has 0 spiro atoms. The lowest BCUT2D eigenvalue weighted by Crippen LogP contribution is -2.32. The van der Waals surface area contributed by atoms with Gasteiger partial charge < -0.3 is 20.1 Å². The SMILES string of the molecule is CCNc1ncnc(N(CCO)CC(F)F)c1OC. The van der Waals surface area contributed by atoms with E-state index in [9.17, 15) is 8.78 Å². The molecular weight excluding hydrogens is 258 g/mol. The Balaban J connectivity index is 3.09. The minimum atomic E-state index is -2.53. The van der Waals surface area contributed by atoms with Gasteiger partial charge in [-0.25, -0.2) is 18.7 Å². The van der Waals surface area contributed by atoms with Crippen LogP contribution in [-0.2, 0) is 0 Å². The highest BCUT2D eigenvalue weighted by Crippen LogP contribution is 2.31. The smallest absolute Gasteiger partial charge is 0.255 e. The van der Waals surface area contributed by atoms with Crippen molar-refractivity contribution < 1.29 is 18.6 Å². The second-order valence-corrected chi connectivity index (χ2v) is 3.67. The Morgan fingerprint density at radius 3 is 2.74 bits per heavy atom. The normalized spacial score (nSPS) is 10.6. The van der Waals surface area contributed by atoms with E-state index in [1.807, 2.05) is 6.92 Å². The molecule has 0 aromatic carbocycles. The number of halogens is 2.